The molecule has 0 saturated heterocycles. The Morgan fingerprint density at radius 1 is 0.543 bits per heavy atom. The molecule has 0 aliphatic rings. The third-order valence-electron chi connectivity index (χ3n) is 6.77. The van der Waals surface area contributed by atoms with Crippen molar-refractivity contribution in [3.63, 3.8) is 0 Å². The Morgan fingerprint density at radius 2 is 0.943 bits per heavy atom. The van der Waals surface area contributed by atoms with Crippen LogP contribution in [-0.2, 0) is 19.8 Å². The topological polar surface area (TPSA) is 47.9 Å². The van der Waals surface area contributed by atoms with Crippen molar-refractivity contribution < 1.29 is 19.3 Å². The Bertz CT molecular complexity index is 560. The van der Waals surface area contributed by atoms with Gasteiger partial charge in [-0.05, 0) is 37.7 Å². The van der Waals surface area contributed by atoms with E-state index in [9.17, 15) is 5.11 Å². The van der Waals surface area contributed by atoms with Gasteiger partial charge in [-0.3, -0.25) is 0 Å². The molecule has 1 aromatic carbocycles. The minimum absolute atomic E-state index is 0.515. The van der Waals surface area contributed by atoms with Gasteiger partial charge in [0.15, 0.2) is 5.60 Å². The van der Waals surface area contributed by atoms with Crippen molar-refractivity contribution in [2.45, 2.75) is 142 Å². The van der Waals surface area contributed by atoms with Crippen molar-refractivity contribution in [1.29, 1.82) is 0 Å². The third kappa shape index (κ3) is 11.8. The lowest BCUT2D eigenvalue weighted by Gasteiger charge is -2.46. The van der Waals surface area contributed by atoms with E-state index in [1.165, 1.54) is 25.7 Å². The molecular weight excluding hydrogens is 436 g/mol. The number of hydrogen-bond acceptors (Lipinski definition) is 4. The van der Waals surface area contributed by atoms with Crippen molar-refractivity contribution in [2.75, 3.05) is 19.8 Å². The molecule has 0 spiro atoms. The lowest BCUT2D eigenvalue weighted by atomic mass is 9.85. The molecule has 0 aromatic heterocycles. The highest BCUT2D eigenvalue weighted by Gasteiger charge is 2.55. The number of unbranched alkanes of at least 4 members (excludes halogenated alkanes) is 11. The van der Waals surface area contributed by atoms with Crippen molar-refractivity contribution in [3.8, 4) is 0 Å². The zero-order valence-corrected chi connectivity index (χ0v) is 23.5. The van der Waals surface area contributed by atoms with Crippen molar-refractivity contribution in [1.82, 2.24) is 0 Å². The lowest BCUT2D eigenvalue weighted by molar-refractivity contribution is -0.448. The molecule has 1 atom stereocenters. The Balaban J connectivity index is 3.25. The number of ether oxygens (including phenoxy) is 3. The molecule has 0 heterocycles. The minimum Gasteiger partial charge on any atom is -0.377 e. The summed E-state index contributed by atoms with van der Waals surface area (Å²) in [7, 11) is 0. The second-order valence-electron chi connectivity index (χ2n) is 9.97. The first-order valence-electron chi connectivity index (χ1n) is 14.8. The van der Waals surface area contributed by atoms with Crippen LogP contribution in [0.4, 0.5) is 0 Å². The van der Waals surface area contributed by atoms with E-state index in [-0.39, 0.29) is 0 Å². The van der Waals surface area contributed by atoms with Gasteiger partial charge in [0, 0.05) is 0 Å². The smallest absolute Gasteiger partial charge is 0.318 e. The summed E-state index contributed by atoms with van der Waals surface area (Å²) in [6, 6.07) is 9.94. The van der Waals surface area contributed by atoms with Crippen molar-refractivity contribution in [3.05, 3.63) is 35.9 Å². The van der Waals surface area contributed by atoms with Crippen LogP contribution in [0.2, 0.25) is 0 Å². The zero-order chi connectivity index (χ0) is 25.7. The molecule has 0 aliphatic carbocycles. The highest BCUT2D eigenvalue weighted by atomic mass is 16.9. The van der Waals surface area contributed by atoms with Crippen LogP contribution in [0, 0.1) is 0 Å². The molecule has 0 bridgehead atoms. The highest BCUT2D eigenvalue weighted by Crippen LogP contribution is 2.43. The van der Waals surface area contributed by atoms with Crippen LogP contribution in [0.15, 0.2) is 30.3 Å². The van der Waals surface area contributed by atoms with Crippen LogP contribution in [-0.4, -0.2) is 30.9 Å². The van der Waals surface area contributed by atoms with E-state index in [0.717, 1.165) is 76.2 Å². The summed E-state index contributed by atoms with van der Waals surface area (Å²) in [5.41, 5.74) is -0.557. The molecule has 1 rings (SSSR count). The lowest BCUT2D eigenvalue weighted by Crippen LogP contribution is -2.58. The summed E-state index contributed by atoms with van der Waals surface area (Å²) < 4.78 is 19.5. The SMILES string of the molecule is CCCCCCCCC(O)(c1ccccc1)C(OCCCCC)(OCCCCC)OCCCCC. The monoisotopic (exact) mass is 492 g/mol. The summed E-state index contributed by atoms with van der Waals surface area (Å²) in [5.74, 6) is -1.49. The normalized spacial score (nSPS) is 13.7. The molecule has 4 heteroatoms. The van der Waals surface area contributed by atoms with Gasteiger partial charge in [-0.25, -0.2) is 0 Å². The van der Waals surface area contributed by atoms with Crippen LogP contribution in [0.5, 0.6) is 0 Å². The van der Waals surface area contributed by atoms with E-state index in [4.69, 9.17) is 14.2 Å². The average Bonchev–Trinajstić information content (AvgIpc) is 2.89. The van der Waals surface area contributed by atoms with Gasteiger partial charge in [0.25, 0.3) is 0 Å². The maximum absolute atomic E-state index is 12.5. The molecule has 1 N–H and O–H groups in total. The van der Waals surface area contributed by atoms with Gasteiger partial charge < -0.3 is 19.3 Å². The summed E-state index contributed by atoms with van der Waals surface area (Å²) in [6.45, 7) is 10.4. The minimum atomic E-state index is -1.49. The summed E-state index contributed by atoms with van der Waals surface area (Å²) >= 11 is 0. The average molecular weight is 493 g/mol. The quantitative estimate of drug-likeness (QED) is 0.116. The summed E-state index contributed by atoms with van der Waals surface area (Å²) in [6.07, 6.45) is 16.9. The van der Waals surface area contributed by atoms with Crippen LogP contribution in [0.1, 0.15) is 136 Å². The van der Waals surface area contributed by atoms with Crippen LogP contribution in [0.25, 0.3) is 0 Å². The van der Waals surface area contributed by atoms with Gasteiger partial charge >= 0.3 is 5.97 Å². The fourth-order valence-electron chi connectivity index (χ4n) is 4.51. The predicted molar refractivity (Wildman–Crippen MR) is 147 cm³/mol. The fourth-order valence-corrected chi connectivity index (χ4v) is 4.51. The molecule has 1 unspecified atom stereocenters. The highest BCUT2D eigenvalue weighted by molar-refractivity contribution is 5.24. The van der Waals surface area contributed by atoms with Crippen LogP contribution in [0.3, 0.4) is 0 Å². The molecule has 0 radical (unpaired) electrons. The van der Waals surface area contributed by atoms with E-state index in [0.29, 0.717) is 26.2 Å². The number of hydrogen-bond donors (Lipinski definition) is 1. The number of rotatable bonds is 24. The van der Waals surface area contributed by atoms with E-state index >= 15 is 0 Å². The largest absolute Gasteiger partial charge is 0.377 e. The van der Waals surface area contributed by atoms with Gasteiger partial charge in [-0.15, -0.1) is 0 Å². The van der Waals surface area contributed by atoms with E-state index in [2.05, 4.69) is 27.7 Å². The second kappa shape index (κ2) is 20.2. The fraction of sp³-hybridized carbons (Fsp3) is 0.806. The molecule has 35 heavy (non-hydrogen) atoms. The van der Waals surface area contributed by atoms with Crippen molar-refractivity contribution in [2.24, 2.45) is 0 Å². The molecule has 204 valence electrons. The first-order chi connectivity index (χ1) is 17.1. The van der Waals surface area contributed by atoms with Gasteiger partial charge in [0.1, 0.15) is 0 Å². The number of aliphatic hydroxyl groups is 1. The standard InChI is InChI=1S/C31H56O4/c1-5-9-13-14-15-19-25-30(32,29-23-17-16-18-24-29)31(33-26-20-10-6-2,34-27-21-11-7-3)35-28-22-12-8-4/h16-18,23-24,32H,5-15,19-22,25-28H2,1-4H3. The molecule has 1 aromatic rings. The Morgan fingerprint density at radius 3 is 1.40 bits per heavy atom. The maximum Gasteiger partial charge on any atom is 0.318 e. The third-order valence-corrected chi connectivity index (χ3v) is 6.77. The first-order valence-corrected chi connectivity index (χ1v) is 14.8. The van der Waals surface area contributed by atoms with Crippen LogP contribution < -0.4 is 0 Å². The first kappa shape index (κ1) is 32.1. The summed E-state index contributed by atoms with van der Waals surface area (Å²) in [4.78, 5) is 0. The maximum atomic E-state index is 12.5. The molecule has 0 saturated carbocycles. The molecule has 0 aliphatic heterocycles. The van der Waals surface area contributed by atoms with E-state index < -0.39 is 11.6 Å². The molecule has 4 nitrogen and oxygen atoms in total. The Kier molecular flexibility index (Phi) is 18.5. The zero-order valence-electron chi connectivity index (χ0n) is 23.5. The van der Waals surface area contributed by atoms with Gasteiger partial charge in [0.2, 0.25) is 0 Å². The summed E-state index contributed by atoms with van der Waals surface area (Å²) in [5, 5.41) is 12.5. The molecule has 0 fully saturated rings. The second-order valence-corrected chi connectivity index (χ2v) is 9.97. The number of benzene rings is 1. The Hall–Kier alpha value is -0.940. The van der Waals surface area contributed by atoms with Gasteiger partial charge in [0.05, 0.1) is 19.8 Å². The molecule has 0 amide bonds. The van der Waals surface area contributed by atoms with Crippen molar-refractivity contribution >= 4 is 0 Å². The van der Waals surface area contributed by atoms with E-state index in [1.807, 2.05) is 30.3 Å². The predicted octanol–water partition coefficient (Wildman–Crippen LogP) is 8.90. The Labute approximate surface area is 217 Å². The van der Waals surface area contributed by atoms with Gasteiger partial charge in [-0.2, -0.15) is 0 Å². The van der Waals surface area contributed by atoms with Crippen LogP contribution >= 0.6 is 0 Å². The van der Waals surface area contributed by atoms with Gasteiger partial charge in [-0.1, -0.05) is 129 Å². The molecular formula is C31H56O4. The van der Waals surface area contributed by atoms with E-state index in [1.54, 1.807) is 0 Å².